The van der Waals surface area contributed by atoms with Crippen LogP contribution in [0.2, 0.25) is 0 Å². The van der Waals surface area contributed by atoms with Crippen LogP contribution in [0.3, 0.4) is 0 Å². The minimum absolute atomic E-state index is 0.0799. The number of nitrogen functional groups attached to an aromatic ring is 1. The zero-order valence-corrected chi connectivity index (χ0v) is 15.3. The summed E-state index contributed by atoms with van der Waals surface area (Å²) in [4.78, 5) is 12.8. The van der Waals surface area contributed by atoms with E-state index in [9.17, 15) is 15.3 Å². The lowest BCUT2D eigenvalue weighted by molar-refractivity contribution is -0.0961. The molecule has 4 atom stereocenters. The molecule has 1 saturated heterocycles. The Labute approximate surface area is 149 Å². The van der Waals surface area contributed by atoms with Gasteiger partial charge in [0, 0.05) is 22.6 Å². The second-order valence-electron chi connectivity index (χ2n) is 5.39. The number of aliphatic hydroxyl groups is 3. The first-order valence-corrected chi connectivity index (χ1v) is 9.03. The molecule has 126 valence electrons. The molecule has 3 heterocycles. The van der Waals surface area contributed by atoms with E-state index in [0.29, 0.717) is 20.0 Å². The van der Waals surface area contributed by atoms with E-state index in [4.69, 9.17) is 10.5 Å². The van der Waals surface area contributed by atoms with E-state index in [-0.39, 0.29) is 5.95 Å². The van der Waals surface area contributed by atoms with Crippen LogP contribution in [0.25, 0.3) is 11.2 Å². The topological polar surface area (TPSA) is 140 Å². The molecule has 2 aromatic rings. The Balaban J connectivity index is 2.21. The van der Waals surface area contributed by atoms with Crippen LogP contribution in [0.4, 0.5) is 5.95 Å². The number of aromatic nitrogens is 4. The number of fused-ring (bicyclic) bond motifs is 1. The van der Waals surface area contributed by atoms with Crippen LogP contribution in [0.1, 0.15) is 13.2 Å². The van der Waals surface area contributed by atoms with Gasteiger partial charge in [-0.05, 0) is 13.2 Å². The van der Waals surface area contributed by atoms with E-state index in [2.05, 4.69) is 15.0 Å². The normalized spacial score (nSPS) is 31.1. The Kier molecular flexibility index (Phi) is 4.44. The van der Waals surface area contributed by atoms with Gasteiger partial charge in [0.15, 0.2) is 15.7 Å². The third-order valence-corrected chi connectivity index (χ3v) is 5.28. The maximum Gasteiger partial charge on any atom is 0.223 e. The van der Waals surface area contributed by atoms with Gasteiger partial charge in [0.1, 0.15) is 28.4 Å². The number of hydrogen-bond acceptors (Lipinski definition) is 9. The number of thioether (sulfide) groups is 1. The number of imidazole rings is 1. The van der Waals surface area contributed by atoms with Gasteiger partial charge >= 0.3 is 0 Å². The molecular formula is C12H16IN5O4S. The number of aliphatic hydroxyl groups excluding tert-OH is 2. The van der Waals surface area contributed by atoms with Crippen molar-refractivity contribution in [1.82, 2.24) is 19.5 Å². The highest BCUT2D eigenvalue weighted by Gasteiger charge is 2.53. The predicted octanol–water partition coefficient (Wildman–Crippen LogP) is -0.263. The summed E-state index contributed by atoms with van der Waals surface area (Å²) in [6, 6.07) is 0. The molecular weight excluding hydrogens is 437 g/mol. The average molecular weight is 453 g/mol. The second-order valence-corrected chi connectivity index (χ2v) is 7.15. The first kappa shape index (κ1) is 17.1. The monoisotopic (exact) mass is 453 g/mol. The van der Waals surface area contributed by atoms with E-state index in [0.717, 1.165) is 0 Å². The molecule has 1 aliphatic heterocycles. The van der Waals surface area contributed by atoms with Crippen molar-refractivity contribution in [2.75, 3.05) is 18.6 Å². The Hall–Kier alpha value is -0.730. The van der Waals surface area contributed by atoms with E-state index in [1.54, 1.807) is 4.57 Å². The maximum atomic E-state index is 10.7. The molecule has 1 aliphatic rings. The van der Waals surface area contributed by atoms with Crippen LogP contribution in [0, 0.1) is 3.83 Å². The SMILES string of the molecule is CSc1nc(N)nc2c1nc(I)n2[C@@H]1O[C@H](CO)[C@@H](O)[C@@]1(C)O. The molecule has 0 radical (unpaired) electrons. The Bertz CT molecular complexity index is 755. The molecule has 5 N–H and O–H groups in total. The van der Waals surface area contributed by atoms with Crippen LogP contribution < -0.4 is 5.73 Å². The first-order valence-electron chi connectivity index (χ1n) is 6.73. The summed E-state index contributed by atoms with van der Waals surface area (Å²) >= 11 is 3.37. The van der Waals surface area contributed by atoms with E-state index in [1.165, 1.54) is 18.7 Å². The van der Waals surface area contributed by atoms with E-state index < -0.39 is 30.6 Å². The van der Waals surface area contributed by atoms with E-state index in [1.807, 2.05) is 28.8 Å². The minimum Gasteiger partial charge on any atom is -0.394 e. The number of anilines is 1. The fourth-order valence-electron chi connectivity index (χ4n) is 2.65. The number of nitrogens with two attached hydrogens (primary N) is 1. The largest absolute Gasteiger partial charge is 0.394 e. The highest BCUT2D eigenvalue weighted by molar-refractivity contribution is 14.1. The average Bonchev–Trinajstić information content (AvgIpc) is 2.93. The molecule has 0 unspecified atom stereocenters. The van der Waals surface area contributed by atoms with E-state index >= 15 is 0 Å². The van der Waals surface area contributed by atoms with Crippen molar-refractivity contribution in [3.8, 4) is 0 Å². The first-order chi connectivity index (χ1) is 10.8. The summed E-state index contributed by atoms with van der Waals surface area (Å²) in [7, 11) is 0. The lowest BCUT2D eigenvalue weighted by Gasteiger charge is -2.27. The van der Waals surface area contributed by atoms with Gasteiger partial charge < -0.3 is 25.8 Å². The molecule has 2 aromatic heterocycles. The third-order valence-electron chi connectivity index (χ3n) is 3.84. The number of rotatable bonds is 3. The summed E-state index contributed by atoms with van der Waals surface area (Å²) in [5, 5.41) is 30.8. The third kappa shape index (κ3) is 2.59. The van der Waals surface area contributed by atoms with Gasteiger partial charge in [-0.25, -0.2) is 9.97 Å². The Morgan fingerprint density at radius 2 is 2.13 bits per heavy atom. The molecule has 9 nitrogen and oxygen atoms in total. The van der Waals surface area contributed by atoms with Gasteiger partial charge in [-0.3, -0.25) is 4.57 Å². The number of hydrogen-bond donors (Lipinski definition) is 4. The molecule has 3 rings (SSSR count). The Morgan fingerprint density at radius 1 is 1.43 bits per heavy atom. The van der Waals surface area contributed by atoms with Crippen molar-refractivity contribution in [2.24, 2.45) is 0 Å². The van der Waals surface area contributed by atoms with Gasteiger partial charge in [-0.15, -0.1) is 11.8 Å². The van der Waals surface area contributed by atoms with Gasteiger partial charge in [-0.1, -0.05) is 0 Å². The standard InChI is InChI=1S/C12H16IN5O4S/c1-12(21)6(20)4(3-19)22-9(12)18-7-5(15-10(18)13)8(23-2)17-11(14)16-7/h4,6,9,19-21H,3H2,1-2H3,(H2,14,16,17)/t4-,6-,9-,12-/m1/s1. The fraction of sp³-hybridized carbons (Fsp3) is 0.583. The number of ether oxygens (including phenoxy) is 1. The lowest BCUT2D eigenvalue weighted by Crippen LogP contribution is -2.44. The van der Waals surface area contributed by atoms with Crippen molar-refractivity contribution in [2.45, 2.75) is 36.0 Å². The Morgan fingerprint density at radius 3 is 2.70 bits per heavy atom. The number of nitrogens with zero attached hydrogens (tertiary/aromatic N) is 4. The zero-order valence-electron chi connectivity index (χ0n) is 12.3. The zero-order chi connectivity index (χ0) is 16.9. The van der Waals surface area contributed by atoms with Crippen LogP contribution in [0.5, 0.6) is 0 Å². The molecule has 0 amide bonds. The molecule has 0 spiro atoms. The summed E-state index contributed by atoms with van der Waals surface area (Å²) in [6.07, 6.45) is -1.26. The van der Waals surface area contributed by atoms with Crippen molar-refractivity contribution in [1.29, 1.82) is 0 Å². The smallest absolute Gasteiger partial charge is 0.223 e. The van der Waals surface area contributed by atoms with Gasteiger partial charge in [0.25, 0.3) is 0 Å². The maximum absolute atomic E-state index is 10.7. The molecule has 23 heavy (non-hydrogen) atoms. The van der Waals surface area contributed by atoms with Crippen molar-refractivity contribution >= 4 is 51.5 Å². The summed E-state index contributed by atoms with van der Waals surface area (Å²) in [6.45, 7) is 1.03. The van der Waals surface area contributed by atoms with Gasteiger partial charge in [0.05, 0.1) is 6.61 Å². The number of halogens is 1. The second kappa shape index (κ2) is 5.97. The van der Waals surface area contributed by atoms with Gasteiger partial charge in [0.2, 0.25) is 5.95 Å². The molecule has 0 aromatic carbocycles. The lowest BCUT2D eigenvalue weighted by atomic mass is 9.96. The highest BCUT2D eigenvalue weighted by atomic mass is 127. The van der Waals surface area contributed by atoms with Crippen LogP contribution in [0.15, 0.2) is 5.03 Å². The minimum atomic E-state index is -1.62. The molecule has 0 aliphatic carbocycles. The summed E-state index contributed by atoms with van der Waals surface area (Å²) in [5.41, 5.74) is 5.07. The fourth-order valence-corrected chi connectivity index (χ4v) is 3.89. The highest BCUT2D eigenvalue weighted by Crippen LogP contribution is 2.41. The summed E-state index contributed by atoms with van der Waals surface area (Å²) in [5.74, 6) is 0.0799. The molecule has 1 fully saturated rings. The predicted molar refractivity (Wildman–Crippen MR) is 91.9 cm³/mol. The van der Waals surface area contributed by atoms with Crippen LogP contribution in [-0.2, 0) is 4.74 Å². The van der Waals surface area contributed by atoms with Crippen LogP contribution >= 0.6 is 34.4 Å². The molecule has 0 saturated carbocycles. The van der Waals surface area contributed by atoms with Crippen LogP contribution in [-0.4, -0.2) is 65.5 Å². The summed E-state index contributed by atoms with van der Waals surface area (Å²) < 4.78 is 7.71. The van der Waals surface area contributed by atoms with Crippen molar-refractivity contribution in [3.05, 3.63) is 3.83 Å². The quantitative estimate of drug-likeness (QED) is 0.214. The van der Waals surface area contributed by atoms with Crippen molar-refractivity contribution < 1.29 is 20.1 Å². The molecule has 11 heteroatoms. The van der Waals surface area contributed by atoms with Gasteiger partial charge in [-0.2, -0.15) is 4.98 Å². The van der Waals surface area contributed by atoms with Crippen molar-refractivity contribution in [3.63, 3.8) is 0 Å². The molecule has 0 bridgehead atoms.